The SMILES string of the molecule is COc1ccnc(CNc2ccc3c(c2)Cc2cccc(-c4cc(N5CCOCC5)cc(=O)[nH]4)c2O3)c1. The molecule has 2 aromatic heterocycles. The molecule has 0 bridgehead atoms. The number of morpholine rings is 1. The van der Waals surface area contributed by atoms with E-state index in [4.69, 9.17) is 14.2 Å². The maximum atomic E-state index is 12.6. The van der Waals surface area contributed by atoms with Gasteiger partial charge >= 0.3 is 0 Å². The molecule has 8 heteroatoms. The molecule has 1 saturated heterocycles. The van der Waals surface area contributed by atoms with Gasteiger partial charge in [0.15, 0.2) is 0 Å². The van der Waals surface area contributed by atoms with Gasteiger partial charge in [-0.25, -0.2) is 0 Å². The second-order valence-corrected chi connectivity index (χ2v) is 9.15. The van der Waals surface area contributed by atoms with Crippen molar-refractivity contribution >= 4 is 11.4 Å². The molecule has 4 heterocycles. The van der Waals surface area contributed by atoms with Crippen LogP contribution in [0, 0.1) is 0 Å². The topological polar surface area (TPSA) is 88.7 Å². The van der Waals surface area contributed by atoms with Gasteiger partial charge < -0.3 is 29.4 Å². The van der Waals surface area contributed by atoms with E-state index in [0.29, 0.717) is 19.8 Å². The Hall–Kier alpha value is -4.30. The third-order valence-electron chi connectivity index (χ3n) is 6.74. The normalized spacial score (nSPS) is 14.4. The minimum Gasteiger partial charge on any atom is -0.497 e. The number of pyridine rings is 2. The number of methoxy groups -OCH3 is 1. The smallest absolute Gasteiger partial charge is 0.250 e. The summed E-state index contributed by atoms with van der Waals surface area (Å²) in [6.07, 6.45) is 2.48. The number of benzene rings is 2. The lowest BCUT2D eigenvalue weighted by atomic mass is 9.96. The molecule has 2 aliphatic rings. The maximum absolute atomic E-state index is 12.6. The van der Waals surface area contributed by atoms with Crippen LogP contribution >= 0.6 is 0 Å². The average Bonchev–Trinajstić information content (AvgIpc) is 2.95. The Labute approximate surface area is 214 Å². The van der Waals surface area contributed by atoms with Crippen LogP contribution in [0.25, 0.3) is 11.3 Å². The van der Waals surface area contributed by atoms with E-state index in [1.165, 1.54) is 0 Å². The van der Waals surface area contributed by atoms with Crippen LogP contribution in [-0.2, 0) is 17.7 Å². The largest absolute Gasteiger partial charge is 0.497 e. The lowest BCUT2D eigenvalue weighted by molar-refractivity contribution is 0.122. The molecule has 2 N–H and O–H groups in total. The van der Waals surface area contributed by atoms with Crippen molar-refractivity contribution in [3.8, 4) is 28.5 Å². The van der Waals surface area contributed by atoms with E-state index < -0.39 is 0 Å². The molecule has 188 valence electrons. The quantitative estimate of drug-likeness (QED) is 0.355. The molecule has 0 unspecified atom stereocenters. The zero-order chi connectivity index (χ0) is 25.2. The minimum absolute atomic E-state index is 0.131. The van der Waals surface area contributed by atoms with Crippen molar-refractivity contribution in [2.75, 3.05) is 43.6 Å². The van der Waals surface area contributed by atoms with E-state index in [2.05, 4.69) is 32.3 Å². The van der Waals surface area contributed by atoms with E-state index in [1.807, 2.05) is 42.5 Å². The fraction of sp³-hybridized carbons (Fsp3) is 0.241. The van der Waals surface area contributed by atoms with Crippen molar-refractivity contribution in [3.05, 3.63) is 94.0 Å². The molecule has 6 rings (SSSR count). The number of anilines is 2. The zero-order valence-corrected chi connectivity index (χ0v) is 20.6. The molecule has 2 aromatic carbocycles. The van der Waals surface area contributed by atoms with Crippen molar-refractivity contribution in [2.45, 2.75) is 13.0 Å². The first-order valence-electron chi connectivity index (χ1n) is 12.4. The standard InChI is InChI=1S/C29H28N4O4/c1-35-24-7-8-30-22(15-24)18-31-21-5-6-27-20(14-21)13-19-3-2-4-25(29(19)37-27)26-16-23(17-28(34)32-26)33-9-11-36-12-10-33/h2-8,14-17,31H,9-13,18H2,1H3,(H,32,34). The van der Waals surface area contributed by atoms with Gasteiger partial charge in [0.2, 0.25) is 5.56 Å². The predicted molar refractivity (Wildman–Crippen MR) is 143 cm³/mol. The van der Waals surface area contributed by atoms with E-state index in [-0.39, 0.29) is 5.56 Å². The summed E-state index contributed by atoms with van der Waals surface area (Å²) in [4.78, 5) is 22.1. The van der Waals surface area contributed by atoms with Crippen LogP contribution < -0.4 is 25.2 Å². The Morgan fingerprint density at radius 3 is 2.81 bits per heavy atom. The van der Waals surface area contributed by atoms with Crippen molar-refractivity contribution in [2.24, 2.45) is 0 Å². The van der Waals surface area contributed by atoms with E-state index in [1.54, 1.807) is 19.4 Å². The molecule has 0 saturated carbocycles. The van der Waals surface area contributed by atoms with Crippen LogP contribution in [-0.4, -0.2) is 43.4 Å². The summed E-state index contributed by atoms with van der Waals surface area (Å²) in [5, 5.41) is 3.44. The summed E-state index contributed by atoms with van der Waals surface area (Å²) in [5.41, 5.74) is 6.47. The van der Waals surface area contributed by atoms with Gasteiger partial charge in [0.05, 0.1) is 38.3 Å². The predicted octanol–water partition coefficient (Wildman–Crippen LogP) is 4.59. The highest BCUT2D eigenvalue weighted by atomic mass is 16.5. The Kier molecular flexibility index (Phi) is 6.24. The number of ether oxygens (including phenoxy) is 3. The molecule has 37 heavy (non-hydrogen) atoms. The minimum atomic E-state index is -0.131. The number of rotatable bonds is 6. The van der Waals surface area contributed by atoms with Gasteiger partial charge in [-0.15, -0.1) is 0 Å². The molecule has 8 nitrogen and oxygen atoms in total. The van der Waals surface area contributed by atoms with Crippen LogP contribution in [0.2, 0.25) is 0 Å². The Morgan fingerprint density at radius 1 is 1.05 bits per heavy atom. The zero-order valence-electron chi connectivity index (χ0n) is 20.6. The average molecular weight is 497 g/mol. The second kappa shape index (κ2) is 9.99. The fourth-order valence-electron chi connectivity index (χ4n) is 4.85. The van der Waals surface area contributed by atoms with Crippen molar-refractivity contribution in [3.63, 3.8) is 0 Å². The summed E-state index contributed by atoms with van der Waals surface area (Å²) in [6.45, 7) is 3.45. The monoisotopic (exact) mass is 496 g/mol. The number of aromatic amines is 1. The number of para-hydroxylation sites is 1. The molecule has 2 aliphatic heterocycles. The van der Waals surface area contributed by atoms with Gasteiger partial charge in [-0.3, -0.25) is 9.78 Å². The fourth-order valence-corrected chi connectivity index (χ4v) is 4.85. The lowest BCUT2D eigenvalue weighted by Crippen LogP contribution is -2.36. The van der Waals surface area contributed by atoms with Gasteiger partial charge in [-0.1, -0.05) is 12.1 Å². The molecular formula is C29H28N4O4. The number of fused-ring (bicyclic) bond motifs is 2. The van der Waals surface area contributed by atoms with E-state index >= 15 is 0 Å². The third kappa shape index (κ3) is 4.88. The summed E-state index contributed by atoms with van der Waals surface area (Å²) >= 11 is 0. The van der Waals surface area contributed by atoms with Gasteiger partial charge in [0.25, 0.3) is 0 Å². The van der Waals surface area contributed by atoms with Crippen LogP contribution in [0.5, 0.6) is 17.2 Å². The lowest BCUT2D eigenvalue weighted by Gasteiger charge is -2.29. The highest BCUT2D eigenvalue weighted by molar-refractivity contribution is 5.74. The number of H-pyrrole nitrogens is 1. The van der Waals surface area contributed by atoms with Gasteiger partial charge in [0.1, 0.15) is 17.2 Å². The van der Waals surface area contributed by atoms with Crippen molar-refractivity contribution < 1.29 is 14.2 Å². The van der Waals surface area contributed by atoms with Gasteiger partial charge in [0, 0.05) is 60.3 Å². The molecule has 1 fully saturated rings. The maximum Gasteiger partial charge on any atom is 0.250 e. The number of hydrogen-bond acceptors (Lipinski definition) is 7. The highest BCUT2D eigenvalue weighted by Crippen LogP contribution is 2.43. The number of nitrogens with one attached hydrogen (secondary N) is 2. The third-order valence-corrected chi connectivity index (χ3v) is 6.74. The van der Waals surface area contributed by atoms with Crippen LogP contribution in [0.15, 0.2) is 71.7 Å². The first kappa shape index (κ1) is 23.1. The highest BCUT2D eigenvalue weighted by Gasteiger charge is 2.22. The van der Waals surface area contributed by atoms with Crippen molar-refractivity contribution in [1.29, 1.82) is 0 Å². The van der Waals surface area contributed by atoms with Crippen LogP contribution in [0.1, 0.15) is 16.8 Å². The molecule has 0 radical (unpaired) electrons. The first-order valence-corrected chi connectivity index (χ1v) is 12.4. The van der Waals surface area contributed by atoms with Crippen LogP contribution in [0.4, 0.5) is 11.4 Å². The number of aromatic nitrogens is 2. The first-order chi connectivity index (χ1) is 18.2. The summed E-state index contributed by atoms with van der Waals surface area (Å²) in [5.74, 6) is 2.39. The molecule has 0 amide bonds. The van der Waals surface area contributed by atoms with Crippen molar-refractivity contribution in [1.82, 2.24) is 9.97 Å². The Balaban J connectivity index is 1.25. The van der Waals surface area contributed by atoms with E-state index in [9.17, 15) is 4.79 Å². The molecule has 0 spiro atoms. The summed E-state index contributed by atoms with van der Waals surface area (Å²) in [6, 6.07) is 19.6. The second-order valence-electron chi connectivity index (χ2n) is 9.15. The van der Waals surface area contributed by atoms with Crippen LogP contribution in [0.3, 0.4) is 0 Å². The summed E-state index contributed by atoms with van der Waals surface area (Å²) < 4.78 is 17.2. The van der Waals surface area contributed by atoms with Gasteiger partial charge in [-0.05, 0) is 42.0 Å². The van der Waals surface area contributed by atoms with Gasteiger partial charge in [-0.2, -0.15) is 0 Å². The number of hydrogen-bond donors (Lipinski definition) is 2. The number of nitrogens with zero attached hydrogens (tertiary/aromatic N) is 2. The molecular weight excluding hydrogens is 468 g/mol. The van der Waals surface area contributed by atoms with E-state index in [0.717, 1.165) is 76.2 Å². The Morgan fingerprint density at radius 2 is 1.95 bits per heavy atom. The molecule has 0 atom stereocenters. The summed E-state index contributed by atoms with van der Waals surface area (Å²) in [7, 11) is 1.65. The molecule has 4 aromatic rings. The Bertz CT molecular complexity index is 1490. The molecule has 0 aliphatic carbocycles.